The van der Waals surface area contributed by atoms with Gasteiger partial charge in [-0.05, 0) is 29.8 Å². The summed E-state index contributed by atoms with van der Waals surface area (Å²) in [5, 5.41) is 12.4. The van der Waals surface area contributed by atoms with Gasteiger partial charge < -0.3 is 19.9 Å². The number of nitrogens with zero attached hydrogens (tertiary/aromatic N) is 7. The first-order valence-corrected chi connectivity index (χ1v) is 11.4. The number of rotatable bonds is 5. The van der Waals surface area contributed by atoms with Crippen LogP contribution in [0.3, 0.4) is 0 Å². The fourth-order valence-corrected chi connectivity index (χ4v) is 4.36. The van der Waals surface area contributed by atoms with Crippen LogP contribution in [0.25, 0.3) is 11.9 Å². The molecule has 0 radical (unpaired) electrons. The molecule has 2 aliphatic heterocycles. The van der Waals surface area contributed by atoms with E-state index in [1.54, 1.807) is 0 Å². The van der Waals surface area contributed by atoms with Crippen LogP contribution in [-0.2, 0) is 18.3 Å². The maximum Gasteiger partial charge on any atom is 0.247 e. The first-order valence-electron chi connectivity index (χ1n) is 11.4. The molecule has 2 aromatic heterocycles. The summed E-state index contributed by atoms with van der Waals surface area (Å²) in [5.41, 5.74) is 5.33. The number of ether oxygens (including phenoxy) is 1. The van der Waals surface area contributed by atoms with E-state index in [2.05, 4.69) is 56.6 Å². The number of morpholine rings is 1. The molecule has 172 valence electrons. The molecule has 1 fully saturated rings. The van der Waals surface area contributed by atoms with Crippen molar-refractivity contribution < 1.29 is 4.74 Å². The SMILES string of the molecule is Cn1cc(N2Cc3nc(Nc4ccc(N5CCOCC5)cc4)nn3C=C2c2ccccc2)cn1. The average Bonchev–Trinajstić information content (AvgIpc) is 3.49. The van der Waals surface area contributed by atoms with Gasteiger partial charge in [0, 0.05) is 37.7 Å². The van der Waals surface area contributed by atoms with Crippen molar-refractivity contribution >= 4 is 34.9 Å². The number of anilines is 4. The largest absolute Gasteiger partial charge is 0.378 e. The molecule has 0 amide bonds. The number of hydrogen-bond acceptors (Lipinski definition) is 7. The van der Waals surface area contributed by atoms with Gasteiger partial charge in [-0.1, -0.05) is 30.3 Å². The van der Waals surface area contributed by atoms with E-state index in [0.29, 0.717) is 12.5 Å². The molecule has 4 aromatic rings. The maximum absolute atomic E-state index is 5.45. The Labute approximate surface area is 197 Å². The lowest BCUT2D eigenvalue weighted by Crippen LogP contribution is -2.36. The molecule has 0 aliphatic carbocycles. The summed E-state index contributed by atoms with van der Waals surface area (Å²) in [6.45, 7) is 3.99. The molecular formula is C25H26N8O. The molecule has 1 N–H and O–H groups in total. The fraction of sp³-hybridized carbons (Fsp3) is 0.240. The molecule has 6 rings (SSSR count). The first kappa shape index (κ1) is 20.5. The molecule has 0 unspecified atom stereocenters. The summed E-state index contributed by atoms with van der Waals surface area (Å²) in [6, 6.07) is 18.7. The minimum Gasteiger partial charge on any atom is -0.378 e. The highest BCUT2D eigenvalue weighted by atomic mass is 16.5. The lowest BCUT2D eigenvalue weighted by Gasteiger charge is -2.29. The van der Waals surface area contributed by atoms with Gasteiger partial charge in [-0.15, -0.1) is 5.10 Å². The molecule has 9 heteroatoms. The number of benzene rings is 2. The van der Waals surface area contributed by atoms with Crippen LogP contribution in [0.1, 0.15) is 11.4 Å². The number of nitrogens with one attached hydrogen (secondary N) is 1. The van der Waals surface area contributed by atoms with Crippen molar-refractivity contribution in [2.75, 3.05) is 41.4 Å². The zero-order valence-electron chi connectivity index (χ0n) is 19.0. The third-order valence-electron chi connectivity index (χ3n) is 6.11. The quantitative estimate of drug-likeness (QED) is 0.494. The van der Waals surface area contributed by atoms with Crippen molar-refractivity contribution in [3.63, 3.8) is 0 Å². The fourth-order valence-electron chi connectivity index (χ4n) is 4.36. The van der Waals surface area contributed by atoms with E-state index in [-0.39, 0.29) is 0 Å². The summed E-state index contributed by atoms with van der Waals surface area (Å²) >= 11 is 0. The van der Waals surface area contributed by atoms with Crippen LogP contribution >= 0.6 is 0 Å². The highest BCUT2D eigenvalue weighted by molar-refractivity contribution is 5.87. The van der Waals surface area contributed by atoms with Crippen molar-refractivity contribution in [2.24, 2.45) is 7.05 Å². The lowest BCUT2D eigenvalue weighted by molar-refractivity contribution is 0.122. The second kappa shape index (κ2) is 8.68. The van der Waals surface area contributed by atoms with Gasteiger partial charge in [0.25, 0.3) is 0 Å². The first-order chi connectivity index (χ1) is 16.7. The number of hydrogen-bond donors (Lipinski definition) is 1. The summed E-state index contributed by atoms with van der Waals surface area (Å²) < 4.78 is 9.12. The molecule has 4 heterocycles. The Morgan fingerprint density at radius 1 is 0.941 bits per heavy atom. The summed E-state index contributed by atoms with van der Waals surface area (Å²) in [7, 11) is 1.92. The van der Waals surface area contributed by atoms with Crippen molar-refractivity contribution in [1.82, 2.24) is 24.5 Å². The van der Waals surface area contributed by atoms with Crippen molar-refractivity contribution in [3.05, 3.63) is 78.4 Å². The number of fused-ring (bicyclic) bond motifs is 1. The third kappa shape index (κ3) is 4.01. The molecule has 2 aromatic carbocycles. The molecular weight excluding hydrogens is 428 g/mol. The molecule has 9 nitrogen and oxygen atoms in total. The second-order valence-electron chi connectivity index (χ2n) is 8.41. The highest BCUT2D eigenvalue weighted by Crippen LogP contribution is 2.32. The smallest absolute Gasteiger partial charge is 0.247 e. The van der Waals surface area contributed by atoms with Gasteiger partial charge in [-0.2, -0.15) is 10.1 Å². The van der Waals surface area contributed by atoms with E-state index in [1.807, 2.05) is 53.2 Å². The van der Waals surface area contributed by atoms with E-state index in [1.165, 1.54) is 5.69 Å². The molecule has 0 bridgehead atoms. The van der Waals surface area contributed by atoms with Crippen LogP contribution in [-0.4, -0.2) is 50.8 Å². The maximum atomic E-state index is 5.45. The molecule has 1 saturated heterocycles. The van der Waals surface area contributed by atoms with Crippen LogP contribution in [0.15, 0.2) is 67.0 Å². The lowest BCUT2D eigenvalue weighted by atomic mass is 10.1. The van der Waals surface area contributed by atoms with Crippen LogP contribution in [0.2, 0.25) is 0 Å². The van der Waals surface area contributed by atoms with Crippen LogP contribution in [0, 0.1) is 0 Å². The van der Waals surface area contributed by atoms with Gasteiger partial charge >= 0.3 is 0 Å². The van der Waals surface area contributed by atoms with Gasteiger partial charge in [0.1, 0.15) is 0 Å². The van der Waals surface area contributed by atoms with Crippen molar-refractivity contribution in [1.29, 1.82) is 0 Å². The van der Waals surface area contributed by atoms with E-state index < -0.39 is 0 Å². The Hall–Kier alpha value is -4.11. The molecule has 34 heavy (non-hydrogen) atoms. The third-order valence-corrected chi connectivity index (χ3v) is 6.11. The topological polar surface area (TPSA) is 76.3 Å². The normalized spacial score (nSPS) is 15.7. The predicted molar refractivity (Wildman–Crippen MR) is 133 cm³/mol. The van der Waals surface area contributed by atoms with Gasteiger partial charge in [0.05, 0.1) is 43.5 Å². The standard InChI is InChI=1S/C25H26N8O/c1-30-16-22(15-26-30)32-18-24-28-25(29-33(24)17-23(32)19-5-3-2-4-6-19)27-20-7-9-21(10-8-20)31-11-13-34-14-12-31/h2-10,15-17H,11-14,18H2,1H3,(H,27,29). The minimum atomic E-state index is 0.575. The van der Waals surface area contributed by atoms with Gasteiger partial charge in [0.15, 0.2) is 5.82 Å². The Morgan fingerprint density at radius 3 is 2.47 bits per heavy atom. The van der Waals surface area contributed by atoms with Crippen LogP contribution in [0.4, 0.5) is 23.0 Å². The molecule has 0 saturated carbocycles. The monoisotopic (exact) mass is 454 g/mol. The molecule has 0 atom stereocenters. The minimum absolute atomic E-state index is 0.575. The molecule has 2 aliphatic rings. The van der Waals surface area contributed by atoms with E-state index >= 15 is 0 Å². The van der Waals surface area contributed by atoms with Crippen LogP contribution in [0.5, 0.6) is 0 Å². The summed E-state index contributed by atoms with van der Waals surface area (Å²) in [5.74, 6) is 1.43. The van der Waals surface area contributed by atoms with Crippen molar-refractivity contribution in [3.8, 4) is 0 Å². The number of aromatic nitrogens is 5. The highest BCUT2D eigenvalue weighted by Gasteiger charge is 2.24. The zero-order valence-corrected chi connectivity index (χ0v) is 19.0. The second-order valence-corrected chi connectivity index (χ2v) is 8.41. The van der Waals surface area contributed by atoms with Gasteiger partial charge in [0.2, 0.25) is 5.95 Å². The Kier molecular flexibility index (Phi) is 5.23. The summed E-state index contributed by atoms with van der Waals surface area (Å²) in [4.78, 5) is 9.32. The molecule has 0 spiro atoms. The average molecular weight is 455 g/mol. The Bertz CT molecular complexity index is 1300. The van der Waals surface area contributed by atoms with Crippen LogP contribution < -0.4 is 15.1 Å². The Morgan fingerprint density at radius 2 is 1.74 bits per heavy atom. The van der Waals surface area contributed by atoms with E-state index in [0.717, 1.165) is 54.8 Å². The van der Waals surface area contributed by atoms with E-state index in [9.17, 15) is 0 Å². The van der Waals surface area contributed by atoms with Gasteiger partial charge in [-0.25, -0.2) is 4.68 Å². The van der Waals surface area contributed by atoms with E-state index in [4.69, 9.17) is 14.8 Å². The zero-order chi connectivity index (χ0) is 22.9. The summed E-state index contributed by atoms with van der Waals surface area (Å²) in [6.07, 6.45) is 5.91. The number of aryl methyl sites for hydroxylation is 1. The van der Waals surface area contributed by atoms with Crippen molar-refractivity contribution in [2.45, 2.75) is 6.54 Å². The van der Waals surface area contributed by atoms with Gasteiger partial charge in [-0.3, -0.25) is 4.68 Å². The Balaban J connectivity index is 1.26. The predicted octanol–water partition coefficient (Wildman–Crippen LogP) is 3.57.